The van der Waals surface area contributed by atoms with Crippen molar-refractivity contribution in [1.82, 2.24) is 9.80 Å². The summed E-state index contributed by atoms with van der Waals surface area (Å²) in [6.45, 7) is 9.84. The molecule has 0 bridgehead atoms. The van der Waals surface area contributed by atoms with Crippen LogP contribution in [0.3, 0.4) is 0 Å². The number of amides is 2. The highest BCUT2D eigenvalue weighted by Gasteiger charge is 2.37. The molecule has 0 unspecified atom stereocenters. The zero-order valence-corrected chi connectivity index (χ0v) is 34.4. The summed E-state index contributed by atoms with van der Waals surface area (Å²) < 4.78 is 25.4. The Balaban J connectivity index is 0.000000327. The maximum atomic E-state index is 12.5. The van der Waals surface area contributed by atoms with Crippen LogP contribution in [-0.4, -0.2) is 107 Å². The van der Waals surface area contributed by atoms with Gasteiger partial charge in [-0.3, -0.25) is 9.80 Å². The van der Waals surface area contributed by atoms with Gasteiger partial charge in [-0.2, -0.15) is 0 Å². The van der Waals surface area contributed by atoms with Gasteiger partial charge in [-0.25, -0.2) is 28.8 Å². The van der Waals surface area contributed by atoms with Gasteiger partial charge in [-0.05, 0) is 77.3 Å². The fourth-order valence-electron chi connectivity index (χ4n) is 4.89. The molecule has 57 heavy (non-hydrogen) atoms. The molecule has 0 aliphatic heterocycles. The van der Waals surface area contributed by atoms with E-state index in [2.05, 4.69) is 4.74 Å². The summed E-state index contributed by atoms with van der Waals surface area (Å²) in [5.41, 5.74) is 0.493. The molecule has 0 aromatic heterocycles. The number of benzene rings is 2. The van der Waals surface area contributed by atoms with Gasteiger partial charge in [-0.1, -0.05) is 86.3 Å². The lowest BCUT2D eigenvalue weighted by Gasteiger charge is -2.29. The second-order valence-electron chi connectivity index (χ2n) is 16.0. The molecule has 2 N–H and O–H groups in total. The van der Waals surface area contributed by atoms with E-state index >= 15 is 0 Å². The number of nitrogens with zero attached hydrogens (tertiary/aromatic N) is 2. The number of carbonyl (C=O) groups is 6. The number of aliphatic carboxylic acids is 1. The van der Waals surface area contributed by atoms with Gasteiger partial charge in [0.2, 0.25) is 0 Å². The van der Waals surface area contributed by atoms with Crippen LogP contribution in [0.1, 0.15) is 91.2 Å². The van der Waals surface area contributed by atoms with Gasteiger partial charge in [0.15, 0.2) is 6.61 Å². The Morgan fingerprint density at radius 3 is 1.39 bits per heavy atom. The lowest BCUT2D eigenvalue weighted by molar-refractivity contribution is -0.162. The van der Waals surface area contributed by atoms with E-state index in [9.17, 15) is 28.8 Å². The molecule has 316 valence electrons. The summed E-state index contributed by atoms with van der Waals surface area (Å²) in [4.78, 5) is 72.5. The second-order valence-corrected chi connectivity index (χ2v) is 16.0. The minimum atomic E-state index is -0.967. The average Bonchev–Trinajstić information content (AvgIpc) is 4.09. The smallest absolute Gasteiger partial charge is 0.410 e. The molecule has 2 saturated carbocycles. The van der Waals surface area contributed by atoms with Crippen LogP contribution >= 0.6 is 0 Å². The third-order valence-electron chi connectivity index (χ3n) is 8.31. The zero-order valence-electron chi connectivity index (χ0n) is 34.4. The predicted octanol–water partition coefficient (Wildman–Crippen LogP) is 6.14. The highest BCUT2D eigenvalue weighted by molar-refractivity contribution is 5.83. The van der Waals surface area contributed by atoms with Gasteiger partial charge >= 0.3 is 36.1 Å². The Labute approximate surface area is 335 Å². The SMILES string of the molecule is CN(C(=O)OC(C)(C)C)[C@@H](CC1CC1)C(=O)O.CN(C(=O)OC(C)(C)C)[C@@H](CC1CC1)C(=O)OCC(=O)OCc1ccccc1.O=C(CO)OCc1ccccc1. The van der Waals surface area contributed by atoms with Gasteiger partial charge < -0.3 is 33.9 Å². The molecule has 0 spiro atoms. The molecule has 0 saturated heterocycles. The number of carboxylic acids is 1. The second kappa shape index (κ2) is 23.1. The van der Waals surface area contributed by atoms with E-state index in [-0.39, 0.29) is 13.2 Å². The maximum Gasteiger partial charge on any atom is 0.410 e. The number of likely N-dealkylation sites (N-methyl/N-ethyl adjacent to an activating group) is 2. The van der Waals surface area contributed by atoms with Crippen molar-refractivity contribution in [3.63, 3.8) is 0 Å². The molecule has 2 atom stereocenters. The Kier molecular flexibility index (Phi) is 19.5. The van der Waals surface area contributed by atoms with Crippen molar-refractivity contribution < 1.29 is 62.7 Å². The van der Waals surface area contributed by atoms with Gasteiger partial charge in [0.25, 0.3) is 0 Å². The Morgan fingerprint density at radius 1 is 0.632 bits per heavy atom. The molecule has 15 nitrogen and oxygen atoms in total. The Hall–Kier alpha value is -5.18. The van der Waals surface area contributed by atoms with Crippen LogP contribution in [0.5, 0.6) is 0 Å². The molecule has 2 aromatic carbocycles. The molecular weight excluding hydrogens is 740 g/mol. The third kappa shape index (κ3) is 21.1. The third-order valence-corrected chi connectivity index (χ3v) is 8.31. The van der Waals surface area contributed by atoms with Crippen LogP contribution in [0.2, 0.25) is 0 Å². The quantitative estimate of drug-likeness (QED) is 0.154. The monoisotopic (exact) mass is 800 g/mol. The van der Waals surface area contributed by atoms with E-state index in [1.165, 1.54) is 23.9 Å². The number of aliphatic hydroxyl groups excluding tert-OH is 1. The minimum Gasteiger partial charge on any atom is -0.480 e. The Bertz CT molecular complexity index is 1580. The fraction of sp³-hybridized carbons (Fsp3) is 0.571. The van der Waals surface area contributed by atoms with Crippen LogP contribution in [0.25, 0.3) is 0 Å². The van der Waals surface area contributed by atoms with Gasteiger partial charge in [-0.15, -0.1) is 0 Å². The number of ether oxygens (including phenoxy) is 5. The standard InChI is InChI=1S/C21H29NO6.C12H21NO4.C9H10O3/c1-21(2,3)28-20(25)22(4)17(12-15-10-11-15)19(24)27-14-18(23)26-13-16-8-6-5-7-9-16;1-12(2,3)17-11(16)13(4)9(10(14)15)7-8-5-6-8;10-6-9(11)12-7-8-4-2-1-3-5-8/h5-9,15,17H,10-14H2,1-4H3;8-9H,5-7H2,1-4H3,(H,14,15);1-5,10H,6-7H2/t17-;9-;/m00./s1. The van der Waals surface area contributed by atoms with Crippen molar-refractivity contribution in [2.24, 2.45) is 11.8 Å². The summed E-state index contributed by atoms with van der Waals surface area (Å²) in [6, 6.07) is 17.0. The van der Waals surface area contributed by atoms with Crippen molar-refractivity contribution in [1.29, 1.82) is 0 Å². The molecule has 2 fully saturated rings. The normalized spacial score (nSPS) is 14.4. The molecule has 4 rings (SSSR count). The van der Waals surface area contributed by atoms with Crippen molar-refractivity contribution in [2.75, 3.05) is 27.3 Å². The molecule has 2 aliphatic rings. The molecule has 2 amide bonds. The van der Waals surface area contributed by atoms with E-state index in [0.717, 1.165) is 36.8 Å². The molecule has 2 aromatic rings. The number of carboxylic acid groups (broad SMARTS) is 1. The highest BCUT2D eigenvalue weighted by Crippen LogP contribution is 2.35. The van der Waals surface area contributed by atoms with Crippen LogP contribution < -0.4 is 0 Å². The van der Waals surface area contributed by atoms with Gasteiger partial charge in [0.05, 0.1) is 0 Å². The van der Waals surface area contributed by atoms with Crippen molar-refractivity contribution in [3.05, 3.63) is 71.8 Å². The summed E-state index contributed by atoms with van der Waals surface area (Å²) in [7, 11) is 2.99. The first-order chi connectivity index (χ1) is 26.7. The topological polar surface area (TPSA) is 196 Å². The number of esters is 3. The van der Waals surface area contributed by atoms with E-state index in [1.807, 2.05) is 60.7 Å². The average molecular weight is 801 g/mol. The highest BCUT2D eigenvalue weighted by atomic mass is 16.6. The molecular formula is C42H60N2O13. The van der Waals surface area contributed by atoms with Crippen molar-refractivity contribution >= 4 is 36.1 Å². The summed E-state index contributed by atoms with van der Waals surface area (Å²) >= 11 is 0. The van der Waals surface area contributed by atoms with Crippen LogP contribution in [0.15, 0.2) is 60.7 Å². The lowest BCUT2D eigenvalue weighted by atomic mass is 10.1. The predicted molar refractivity (Wildman–Crippen MR) is 208 cm³/mol. The first-order valence-electron chi connectivity index (χ1n) is 19.0. The van der Waals surface area contributed by atoms with Crippen molar-refractivity contribution in [2.45, 2.75) is 117 Å². The summed E-state index contributed by atoms with van der Waals surface area (Å²) in [5.74, 6) is -2.00. The minimum absolute atomic E-state index is 0.112. The number of aliphatic hydroxyl groups is 1. The van der Waals surface area contributed by atoms with Crippen LogP contribution in [0, 0.1) is 11.8 Å². The first-order valence-corrected chi connectivity index (χ1v) is 19.0. The maximum absolute atomic E-state index is 12.5. The molecule has 0 heterocycles. The number of rotatable bonds is 15. The number of hydrogen-bond donors (Lipinski definition) is 2. The zero-order chi connectivity index (χ0) is 42.8. The number of hydrogen-bond acceptors (Lipinski definition) is 12. The van der Waals surface area contributed by atoms with Crippen LogP contribution in [0.4, 0.5) is 9.59 Å². The summed E-state index contributed by atoms with van der Waals surface area (Å²) in [6.07, 6.45) is 4.00. The van der Waals surface area contributed by atoms with Gasteiger partial charge in [0, 0.05) is 14.1 Å². The molecule has 2 aliphatic carbocycles. The van der Waals surface area contributed by atoms with Crippen LogP contribution in [-0.2, 0) is 56.1 Å². The lowest BCUT2D eigenvalue weighted by Crippen LogP contribution is -2.46. The molecule has 15 heteroatoms. The fourth-order valence-corrected chi connectivity index (χ4v) is 4.89. The Morgan fingerprint density at radius 2 is 1.02 bits per heavy atom. The summed E-state index contributed by atoms with van der Waals surface area (Å²) in [5, 5.41) is 17.5. The van der Waals surface area contributed by atoms with E-state index in [1.54, 1.807) is 41.5 Å². The van der Waals surface area contributed by atoms with E-state index in [0.29, 0.717) is 24.7 Å². The van der Waals surface area contributed by atoms with E-state index in [4.69, 9.17) is 29.2 Å². The first kappa shape index (κ1) is 48.0. The van der Waals surface area contributed by atoms with Gasteiger partial charge in [0.1, 0.15) is 43.1 Å². The molecule has 0 radical (unpaired) electrons. The van der Waals surface area contributed by atoms with Crippen molar-refractivity contribution in [3.8, 4) is 0 Å². The largest absolute Gasteiger partial charge is 0.480 e. The van der Waals surface area contributed by atoms with E-state index < -0.39 is 72.6 Å². The number of carbonyl (C=O) groups excluding carboxylic acids is 5.